The molecule has 10 heteroatoms. The monoisotopic (exact) mass is 290 g/mol. The van der Waals surface area contributed by atoms with Crippen molar-refractivity contribution in [3.63, 3.8) is 0 Å². The van der Waals surface area contributed by atoms with Crippen LogP contribution in [0.5, 0.6) is 0 Å². The highest BCUT2D eigenvalue weighted by Crippen LogP contribution is 2.30. The van der Waals surface area contributed by atoms with E-state index in [2.05, 4.69) is 20.7 Å². The van der Waals surface area contributed by atoms with Crippen LogP contribution in [0.25, 0.3) is 0 Å². The Morgan fingerprint density at radius 3 is 2.38 bits per heavy atom. The largest absolute Gasteiger partial charge is 0.478 e. The molecule has 0 fully saturated rings. The lowest BCUT2D eigenvalue weighted by atomic mass is 10.2. The standard InChI is InChI=1S/C11H10N6O4/c12-16-10-8(17(20)21)9(13-5-14-10)15-7-3-1-6(2-4-7)11(18)19/h1-5H,12H2,(H,18,19)(H2,13,14,15,16). The third kappa shape index (κ3) is 3.01. The van der Waals surface area contributed by atoms with Crippen LogP contribution in [0.15, 0.2) is 30.6 Å². The minimum absolute atomic E-state index is 0.0639. The summed E-state index contributed by atoms with van der Waals surface area (Å²) < 4.78 is 0. The van der Waals surface area contributed by atoms with Gasteiger partial charge >= 0.3 is 11.7 Å². The van der Waals surface area contributed by atoms with Gasteiger partial charge in [-0.1, -0.05) is 0 Å². The number of nitrogen functional groups attached to an aromatic ring is 1. The van der Waals surface area contributed by atoms with E-state index in [9.17, 15) is 14.9 Å². The Balaban J connectivity index is 2.35. The first-order valence-corrected chi connectivity index (χ1v) is 5.59. The van der Waals surface area contributed by atoms with Gasteiger partial charge in [0, 0.05) is 5.69 Å². The van der Waals surface area contributed by atoms with E-state index >= 15 is 0 Å². The molecule has 0 spiro atoms. The lowest BCUT2D eigenvalue weighted by molar-refractivity contribution is -0.383. The molecule has 1 aromatic carbocycles. The van der Waals surface area contributed by atoms with Crippen molar-refractivity contribution >= 4 is 29.0 Å². The molecule has 21 heavy (non-hydrogen) atoms. The van der Waals surface area contributed by atoms with Crippen molar-refractivity contribution in [2.75, 3.05) is 10.7 Å². The number of nitro groups is 1. The summed E-state index contributed by atoms with van der Waals surface area (Å²) in [5, 5.41) is 22.6. The first-order chi connectivity index (χ1) is 10.0. The minimum Gasteiger partial charge on any atom is -0.478 e. The van der Waals surface area contributed by atoms with Crippen molar-refractivity contribution in [2.45, 2.75) is 0 Å². The van der Waals surface area contributed by atoms with E-state index in [0.717, 1.165) is 6.33 Å². The molecule has 1 aromatic heterocycles. The first-order valence-electron chi connectivity index (χ1n) is 5.59. The van der Waals surface area contributed by atoms with Crippen LogP contribution in [0.2, 0.25) is 0 Å². The Bertz CT molecular complexity index is 688. The van der Waals surface area contributed by atoms with Crippen LogP contribution < -0.4 is 16.6 Å². The van der Waals surface area contributed by atoms with E-state index < -0.39 is 16.6 Å². The average molecular weight is 290 g/mol. The Labute approximate surface area is 117 Å². The van der Waals surface area contributed by atoms with Gasteiger partial charge in [-0.2, -0.15) is 0 Å². The Morgan fingerprint density at radius 2 is 1.86 bits per heavy atom. The maximum atomic E-state index is 11.0. The van der Waals surface area contributed by atoms with Crippen LogP contribution in [0, 0.1) is 10.1 Å². The van der Waals surface area contributed by atoms with Crippen molar-refractivity contribution in [3.05, 3.63) is 46.3 Å². The maximum absolute atomic E-state index is 11.0. The SMILES string of the molecule is NNc1ncnc(Nc2ccc(C(=O)O)cc2)c1[N+](=O)[O-]. The van der Waals surface area contributed by atoms with Crippen molar-refractivity contribution in [2.24, 2.45) is 5.84 Å². The van der Waals surface area contributed by atoms with Crippen LogP contribution >= 0.6 is 0 Å². The molecule has 0 unspecified atom stereocenters. The number of benzene rings is 1. The van der Waals surface area contributed by atoms with Gasteiger partial charge in [-0.15, -0.1) is 0 Å². The van der Waals surface area contributed by atoms with Crippen molar-refractivity contribution < 1.29 is 14.8 Å². The van der Waals surface area contributed by atoms with Crippen molar-refractivity contribution in [3.8, 4) is 0 Å². The molecule has 2 aromatic rings. The highest BCUT2D eigenvalue weighted by atomic mass is 16.6. The van der Waals surface area contributed by atoms with Gasteiger partial charge in [0.25, 0.3) is 0 Å². The Kier molecular flexibility index (Phi) is 3.90. The lowest BCUT2D eigenvalue weighted by Gasteiger charge is -2.08. The number of nitrogens with zero attached hydrogens (tertiary/aromatic N) is 3. The molecule has 0 aliphatic rings. The molecule has 0 bridgehead atoms. The second-order valence-electron chi connectivity index (χ2n) is 3.83. The van der Waals surface area contributed by atoms with E-state index in [0.29, 0.717) is 5.69 Å². The summed E-state index contributed by atoms with van der Waals surface area (Å²) in [6.45, 7) is 0. The molecule has 0 amide bonds. The zero-order valence-corrected chi connectivity index (χ0v) is 10.5. The minimum atomic E-state index is -1.07. The summed E-state index contributed by atoms with van der Waals surface area (Å²) in [6.07, 6.45) is 1.11. The highest BCUT2D eigenvalue weighted by molar-refractivity contribution is 5.88. The lowest BCUT2D eigenvalue weighted by Crippen LogP contribution is -2.12. The maximum Gasteiger partial charge on any atom is 0.354 e. The number of carboxylic acid groups (broad SMARTS) is 1. The number of anilines is 3. The molecule has 0 saturated carbocycles. The van der Waals surface area contributed by atoms with E-state index in [1.54, 1.807) is 0 Å². The van der Waals surface area contributed by atoms with Crippen LogP contribution in [0.4, 0.5) is 23.0 Å². The molecule has 10 nitrogen and oxygen atoms in total. The first kappa shape index (κ1) is 14.1. The van der Waals surface area contributed by atoms with Gasteiger partial charge in [0.05, 0.1) is 10.5 Å². The van der Waals surface area contributed by atoms with E-state index in [4.69, 9.17) is 10.9 Å². The van der Waals surface area contributed by atoms with Gasteiger partial charge in [0.2, 0.25) is 11.6 Å². The number of carbonyl (C=O) groups is 1. The van der Waals surface area contributed by atoms with E-state index in [1.165, 1.54) is 24.3 Å². The summed E-state index contributed by atoms with van der Waals surface area (Å²) in [5.41, 5.74) is 2.24. The molecular weight excluding hydrogens is 280 g/mol. The summed E-state index contributed by atoms with van der Waals surface area (Å²) in [5.74, 6) is 3.90. The number of aromatic nitrogens is 2. The highest BCUT2D eigenvalue weighted by Gasteiger charge is 2.22. The Hall–Kier alpha value is -3.27. The molecule has 0 aliphatic heterocycles. The smallest absolute Gasteiger partial charge is 0.354 e. The molecule has 108 valence electrons. The fourth-order valence-corrected chi connectivity index (χ4v) is 1.58. The molecule has 5 N–H and O–H groups in total. The predicted octanol–water partition coefficient (Wildman–Crippen LogP) is 1.11. The second-order valence-corrected chi connectivity index (χ2v) is 3.83. The summed E-state index contributed by atoms with van der Waals surface area (Å²) in [4.78, 5) is 28.6. The van der Waals surface area contributed by atoms with Crippen LogP contribution in [0.3, 0.4) is 0 Å². The third-order valence-corrected chi connectivity index (χ3v) is 2.54. The molecule has 0 aliphatic carbocycles. The fourth-order valence-electron chi connectivity index (χ4n) is 1.58. The molecular formula is C11H10N6O4. The third-order valence-electron chi connectivity index (χ3n) is 2.54. The van der Waals surface area contributed by atoms with Gasteiger partial charge in [0.15, 0.2) is 0 Å². The Morgan fingerprint density at radius 1 is 1.24 bits per heavy atom. The second kappa shape index (κ2) is 5.79. The van der Waals surface area contributed by atoms with Crippen molar-refractivity contribution in [1.29, 1.82) is 0 Å². The number of hydrogen-bond acceptors (Lipinski definition) is 8. The summed E-state index contributed by atoms with van der Waals surface area (Å²) in [7, 11) is 0. The number of nitrogens with one attached hydrogen (secondary N) is 2. The molecule has 2 rings (SSSR count). The van der Waals surface area contributed by atoms with Crippen LogP contribution in [-0.2, 0) is 0 Å². The number of hydrazine groups is 1. The van der Waals surface area contributed by atoms with Crippen molar-refractivity contribution in [1.82, 2.24) is 9.97 Å². The zero-order chi connectivity index (χ0) is 15.4. The molecule has 0 atom stereocenters. The number of nitrogens with two attached hydrogens (primary N) is 1. The van der Waals surface area contributed by atoms with Crippen LogP contribution in [0.1, 0.15) is 10.4 Å². The topological polar surface area (TPSA) is 156 Å². The van der Waals surface area contributed by atoms with Gasteiger partial charge in [-0.3, -0.25) is 10.1 Å². The zero-order valence-electron chi connectivity index (χ0n) is 10.5. The molecule has 0 radical (unpaired) electrons. The number of hydrogen-bond donors (Lipinski definition) is 4. The van der Waals surface area contributed by atoms with E-state index in [1.807, 2.05) is 0 Å². The van der Waals surface area contributed by atoms with Gasteiger partial charge < -0.3 is 15.8 Å². The summed E-state index contributed by atoms with van der Waals surface area (Å²) in [6, 6.07) is 5.65. The molecule has 1 heterocycles. The average Bonchev–Trinajstić information content (AvgIpc) is 2.47. The number of carboxylic acids is 1. The van der Waals surface area contributed by atoms with E-state index in [-0.39, 0.29) is 17.2 Å². The normalized spacial score (nSPS) is 9.95. The van der Waals surface area contributed by atoms with Crippen LogP contribution in [-0.4, -0.2) is 26.0 Å². The fraction of sp³-hybridized carbons (Fsp3) is 0. The van der Waals surface area contributed by atoms with Gasteiger partial charge in [-0.05, 0) is 24.3 Å². The number of rotatable bonds is 5. The summed E-state index contributed by atoms with van der Waals surface area (Å²) >= 11 is 0. The van der Waals surface area contributed by atoms with Gasteiger partial charge in [-0.25, -0.2) is 20.6 Å². The van der Waals surface area contributed by atoms with Gasteiger partial charge in [0.1, 0.15) is 6.33 Å². The predicted molar refractivity (Wildman–Crippen MR) is 73.2 cm³/mol. The quantitative estimate of drug-likeness (QED) is 0.359. The molecule has 0 saturated heterocycles. The number of aromatic carboxylic acids is 1.